The number of benzene rings is 1. The summed E-state index contributed by atoms with van der Waals surface area (Å²) in [5.41, 5.74) is 11.1. The first-order valence-electron chi connectivity index (χ1n) is 6.17. The third-order valence-electron chi connectivity index (χ3n) is 3.50. The fourth-order valence-electron chi connectivity index (χ4n) is 2.56. The Labute approximate surface area is 102 Å². The van der Waals surface area contributed by atoms with Gasteiger partial charge in [0.2, 0.25) is 0 Å². The van der Waals surface area contributed by atoms with Crippen LogP contribution in [-0.4, -0.2) is 4.98 Å². The Hall–Kier alpha value is -1.83. The van der Waals surface area contributed by atoms with Crippen LogP contribution >= 0.6 is 0 Å². The van der Waals surface area contributed by atoms with Crippen molar-refractivity contribution in [3.63, 3.8) is 0 Å². The zero-order chi connectivity index (χ0) is 11.7. The maximum atomic E-state index is 5.92. The summed E-state index contributed by atoms with van der Waals surface area (Å²) in [4.78, 5) is 4.15. The molecule has 1 aromatic heterocycles. The molecule has 0 fully saturated rings. The highest BCUT2D eigenvalue weighted by Crippen LogP contribution is 2.29. The lowest BCUT2D eigenvalue weighted by atomic mass is 9.89. The molecule has 2 aromatic rings. The predicted octanol–water partition coefficient (Wildman–Crippen LogP) is 3.21. The molecule has 0 aliphatic heterocycles. The molecule has 2 heteroatoms. The normalized spacial score (nSPS) is 14.4. The van der Waals surface area contributed by atoms with Crippen molar-refractivity contribution < 1.29 is 0 Å². The molecule has 17 heavy (non-hydrogen) atoms. The zero-order valence-corrected chi connectivity index (χ0v) is 9.82. The van der Waals surface area contributed by atoms with E-state index in [0.29, 0.717) is 5.82 Å². The summed E-state index contributed by atoms with van der Waals surface area (Å²) in [6, 6.07) is 10.7. The van der Waals surface area contributed by atoms with Gasteiger partial charge in [-0.05, 0) is 54.5 Å². The second kappa shape index (κ2) is 4.21. The Balaban J connectivity index is 2.07. The molecule has 3 rings (SSSR count). The van der Waals surface area contributed by atoms with Crippen molar-refractivity contribution in [2.45, 2.75) is 25.7 Å². The summed E-state index contributed by atoms with van der Waals surface area (Å²) in [5, 5.41) is 0. The van der Waals surface area contributed by atoms with Gasteiger partial charge >= 0.3 is 0 Å². The molecule has 0 unspecified atom stereocenters. The molecule has 2 N–H and O–H groups in total. The Morgan fingerprint density at radius 3 is 2.65 bits per heavy atom. The van der Waals surface area contributed by atoms with Crippen LogP contribution in [0.5, 0.6) is 0 Å². The van der Waals surface area contributed by atoms with Crippen molar-refractivity contribution in [1.82, 2.24) is 4.98 Å². The number of aryl methyl sites for hydroxylation is 2. The largest absolute Gasteiger partial charge is 0.383 e. The van der Waals surface area contributed by atoms with E-state index in [1.54, 1.807) is 6.20 Å². The Morgan fingerprint density at radius 1 is 1.00 bits per heavy atom. The molecule has 0 radical (unpaired) electrons. The Kier molecular flexibility index (Phi) is 2.56. The second-order valence-corrected chi connectivity index (χ2v) is 4.63. The number of anilines is 1. The Morgan fingerprint density at radius 2 is 1.82 bits per heavy atom. The lowest BCUT2D eigenvalue weighted by Crippen LogP contribution is -2.02. The van der Waals surface area contributed by atoms with Crippen LogP contribution in [-0.2, 0) is 12.8 Å². The maximum absolute atomic E-state index is 5.92. The molecule has 0 atom stereocenters. The lowest BCUT2D eigenvalue weighted by Gasteiger charge is -2.16. The highest BCUT2D eigenvalue weighted by Gasteiger charge is 2.11. The molecule has 1 aliphatic rings. The number of nitrogens with zero attached hydrogens (tertiary/aromatic N) is 1. The van der Waals surface area contributed by atoms with Crippen LogP contribution < -0.4 is 5.73 Å². The van der Waals surface area contributed by atoms with Crippen LogP contribution in [0.25, 0.3) is 11.1 Å². The summed E-state index contributed by atoms with van der Waals surface area (Å²) in [5.74, 6) is 0.614. The van der Waals surface area contributed by atoms with Crippen LogP contribution in [0.2, 0.25) is 0 Å². The summed E-state index contributed by atoms with van der Waals surface area (Å²) in [7, 11) is 0. The van der Waals surface area contributed by atoms with Gasteiger partial charge in [-0.15, -0.1) is 0 Å². The molecular weight excluding hydrogens is 208 g/mol. The zero-order valence-electron chi connectivity index (χ0n) is 9.82. The number of nitrogens with two attached hydrogens (primary N) is 1. The van der Waals surface area contributed by atoms with Gasteiger partial charge < -0.3 is 5.73 Å². The maximum Gasteiger partial charge on any atom is 0.131 e. The number of nitrogen functional groups attached to an aromatic ring is 1. The first-order chi connectivity index (χ1) is 8.34. The molecule has 1 aromatic carbocycles. The number of rotatable bonds is 1. The van der Waals surface area contributed by atoms with E-state index >= 15 is 0 Å². The number of hydrogen-bond donors (Lipinski definition) is 1. The molecule has 2 nitrogen and oxygen atoms in total. The van der Waals surface area contributed by atoms with Crippen LogP contribution in [0, 0.1) is 0 Å². The third-order valence-corrected chi connectivity index (χ3v) is 3.50. The van der Waals surface area contributed by atoms with Gasteiger partial charge in [0.1, 0.15) is 5.82 Å². The molecule has 0 saturated carbocycles. The number of pyridine rings is 1. The van der Waals surface area contributed by atoms with E-state index in [-0.39, 0.29) is 0 Å². The van der Waals surface area contributed by atoms with E-state index in [4.69, 9.17) is 5.73 Å². The molecule has 0 spiro atoms. The van der Waals surface area contributed by atoms with Gasteiger partial charge in [-0.2, -0.15) is 0 Å². The molecule has 0 amide bonds. The minimum Gasteiger partial charge on any atom is -0.383 e. The smallest absolute Gasteiger partial charge is 0.131 e. The van der Waals surface area contributed by atoms with Gasteiger partial charge in [0.05, 0.1) is 0 Å². The minimum atomic E-state index is 0.614. The van der Waals surface area contributed by atoms with Crippen molar-refractivity contribution >= 4 is 5.82 Å². The van der Waals surface area contributed by atoms with Gasteiger partial charge in [-0.3, -0.25) is 0 Å². The van der Waals surface area contributed by atoms with Gasteiger partial charge in [0.25, 0.3) is 0 Å². The molecule has 0 bridgehead atoms. The first-order valence-corrected chi connectivity index (χ1v) is 6.17. The quantitative estimate of drug-likeness (QED) is 0.807. The molecular formula is C15H16N2. The average Bonchev–Trinajstić information content (AvgIpc) is 2.39. The molecule has 86 valence electrons. The summed E-state index contributed by atoms with van der Waals surface area (Å²) < 4.78 is 0. The molecule has 0 saturated heterocycles. The minimum absolute atomic E-state index is 0.614. The van der Waals surface area contributed by atoms with Crippen molar-refractivity contribution in [2.24, 2.45) is 0 Å². The molecule has 1 heterocycles. The average molecular weight is 224 g/mol. The van der Waals surface area contributed by atoms with Crippen molar-refractivity contribution in [3.05, 3.63) is 47.7 Å². The fraction of sp³-hybridized carbons (Fsp3) is 0.267. The highest BCUT2D eigenvalue weighted by atomic mass is 14.8. The Bertz CT molecular complexity index is 546. The van der Waals surface area contributed by atoms with Crippen LogP contribution in [0.3, 0.4) is 0 Å². The SMILES string of the molecule is Nc1ncccc1-c1ccc2c(c1)CCCC2. The summed E-state index contributed by atoms with van der Waals surface area (Å²) in [6.07, 6.45) is 6.78. The van der Waals surface area contributed by atoms with E-state index in [9.17, 15) is 0 Å². The monoisotopic (exact) mass is 224 g/mol. The molecule has 1 aliphatic carbocycles. The van der Waals surface area contributed by atoms with Crippen molar-refractivity contribution in [3.8, 4) is 11.1 Å². The van der Waals surface area contributed by atoms with E-state index in [1.807, 2.05) is 12.1 Å². The lowest BCUT2D eigenvalue weighted by molar-refractivity contribution is 0.686. The third kappa shape index (κ3) is 1.91. The van der Waals surface area contributed by atoms with Crippen LogP contribution in [0.4, 0.5) is 5.82 Å². The van der Waals surface area contributed by atoms with E-state index in [1.165, 1.54) is 42.4 Å². The summed E-state index contributed by atoms with van der Waals surface area (Å²) in [6.45, 7) is 0. The van der Waals surface area contributed by atoms with Crippen LogP contribution in [0.1, 0.15) is 24.0 Å². The standard InChI is InChI=1S/C15H16N2/c16-15-14(6-3-9-17-15)13-8-7-11-4-1-2-5-12(11)10-13/h3,6-10H,1-2,4-5H2,(H2,16,17). The van der Waals surface area contributed by atoms with E-state index in [2.05, 4.69) is 23.2 Å². The second-order valence-electron chi connectivity index (χ2n) is 4.63. The van der Waals surface area contributed by atoms with Gasteiger partial charge in [0.15, 0.2) is 0 Å². The number of fused-ring (bicyclic) bond motifs is 1. The van der Waals surface area contributed by atoms with E-state index in [0.717, 1.165) is 5.56 Å². The van der Waals surface area contributed by atoms with Gasteiger partial charge in [0, 0.05) is 11.8 Å². The van der Waals surface area contributed by atoms with E-state index < -0.39 is 0 Å². The fourth-order valence-corrected chi connectivity index (χ4v) is 2.56. The van der Waals surface area contributed by atoms with Gasteiger partial charge in [-0.1, -0.05) is 18.2 Å². The number of hydrogen-bond acceptors (Lipinski definition) is 2. The summed E-state index contributed by atoms with van der Waals surface area (Å²) >= 11 is 0. The highest BCUT2D eigenvalue weighted by molar-refractivity contribution is 5.74. The first kappa shape index (κ1) is 10.3. The van der Waals surface area contributed by atoms with Crippen molar-refractivity contribution in [2.75, 3.05) is 5.73 Å². The van der Waals surface area contributed by atoms with Crippen molar-refractivity contribution in [1.29, 1.82) is 0 Å². The topological polar surface area (TPSA) is 38.9 Å². The van der Waals surface area contributed by atoms with Crippen LogP contribution in [0.15, 0.2) is 36.5 Å². The predicted molar refractivity (Wildman–Crippen MR) is 70.7 cm³/mol. The van der Waals surface area contributed by atoms with Gasteiger partial charge in [-0.25, -0.2) is 4.98 Å². The number of aromatic nitrogens is 1.